The maximum atomic E-state index is 11.2. The second kappa shape index (κ2) is 11.1. The third-order valence-corrected chi connectivity index (χ3v) is 6.38. The highest BCUT2D eigenvalue weighted by molar-refractivity contribution is 6.30. The number of carboxylic acid groups (broad SMARTS) is 1. The summed E-state index contributed by atoms with van der Waals surface area (Å²) in [4.78, 5) is 13.4. The summed E-state index contributed by atoms with van der Waals surface area (Å²) >= 11 is 6.32. The number of carboxylic acids is 1. The lowest BCUT2D eigenvalue weighted by Gasteiger charge is -2.30. The zero-order valence-electron chi connectivity index (χ0n) is 17.6. The van der Waals surface area contributed by atoms with Crippen molar-refractivity contribution < 1.29 is 14.6 Å². The molecule has 1 N–H and O–H groups in total. The van der Waals surface area contributed by atoms with Crippen molar-refractivity contribution in [3.05, 3.63) is 75.8 Å². The minimum absolute atomic E-state index is 0. The highest BCUT2D eigenvalue weighted by Crippen LogP contribution is 2.34. The van der Waals surface area contributed by atoms with E-state index < -0.39 is 5.97 Å². The summed E-state index contributed by atoms with van der Waals surface area (Å²) in [6.45, 7) is 3.46. The molecule has 4 nitrogen and oxygen atoms in total. The van der Waals surface area contributed by atoms with Crippen LogP contribution in [0, 0.1) is 5.92 Å². The van der Waals surface area contributed by atoms with Crippen LogP contribution in [0.15, 0.2) is 48.5 Å². The zero-order valence-corrected chi connectivity index (χ0v) is 19.1. The third kappa shape index (κ3) is 5.89. The molecule has 0 saturated carbocycles. The lowest BCUT2D eigenvalue weighted by Crippen LogP contribution is -2.40. The Balaban J connectivity index is 0.00000272. The number of likely N-dealkylation sites (tertiary alicyclic amines) is 1. The molecule has 2 aromatic carbocycles. The van der Waals surface area contributed by atoms with Crippen molar-refractivity contribution in [2.24, 2.45) is 5.92 Å². The van der Waals surface area contributed by atoms with Gasteiger partial charge in [-0.3, -0.25) is 4.79 Å². The monoisotopic (exact) mass is 461 g/mol. The fourth-order valence-electron chi connectivity index (χ4n) is 4.53. The summed E-state index contributed by atoms with van der Waals surface area (Å²) in [5.41, 5.74) is 6.29. The van der Waals surface area contributed by atoms with Crippen LogP contribution < -0.4 is 0 Å². The minimum atomic E-state index is -0.685. The number of aliphatic carboxylic acids is 1. The van der Waals surface area contributed by atoms with Crippen LogP contribution in [0.5, 0.6) is 0 Å². The number of carbonyl (C=O) groups is 1. The van der Waals surface area contributed by atoms with Gasteiger partial charge in [0.05, 0.1) is 19.1 Å². The predicted octanol–water partition coefficient (Wildman–Crippen LogP) is 5.11. The number of hydrogen-bond donors (Lipinski definition) is 1. The van der Waals surface area contributed by atoms with Gasteiger partial charge >= 0.3 is 5.97 Å². The van der Waals surface area contributed by atoms with E-state index in [0.29, 0.717) is 19.8 Å². The molecule has 1 fully saturated rings. The second-order valence-electron chi connectivity index (χ2n) is 8.13. The molecule has 1 aliphatic heterocycles. The number of halogens is 2. The van der Waals surface area contributed by atoms with Crippen LogP contribution in [0.1, 0.15) is 35.1 Å². The number of fused-ring (bicyclic) bond motifs is 2. The third-order valence-electron chi connectivity index (χ3n) is 6.15. The summed E-state index contributed by atoms with van der Waals surface area (Å²) in [5, 5.41) is 9.99. The lowest BCUT2D eigenvalue weighted by atomic mass is 9.94. The number of nitrogens with zero attached hydrogens (tertiary/aromatic N) is 1. The number of hydrogen-bond acceptors (Lipinski definition) is 3. The summed E-state index contributed by atoms with van der Waals surface area (Å²) in [7, 11) is 0. The average Bonchev–Trinajstić information content (AvgIpc) is 2.90. The van der Waals surface area contributed by atoms with E-state index >= 15 is 0 Å². The van der Waals surface area contributed by atoms with Crippen molar-refractivity contribution in [3.63, 3.8) is 0 Å². The fraction of sp³-hybridized carbons (Fsp3) is 0.400. The van der Waals surface area contributed by atoms with Gasteiger partial charge < -0.3 is 14.7 Å². The zero-order chi connectivity index (χ0) is 20.9. The molecule has 4 rings (SSSR count). The van der Waals surface area contributed by atoms with Gasteiger partial charge in [-0.2, -0.15) is 0 Å². The van der Waals surface area contributed by atoms with Gasteiger partial charge in [-0.25, -0.2) is 0 Å². The van der Waals surface area contributed by atoms with Gasteiger partial charge in [0.2, 0.25) is 0 Å². The summed E-state index contributed by atoms with van der Waals surface area (Å²) in [6.07, 6.45) is 5.90. The van der Waals surface area contributed by atoms with Gasteiger partial charge in [0, 0.05) is 18.1 Å². The molecule has 2 aromatic rings. The molecule has 6 heteroatoms. The van der Waals surface area contributed by atoms with E-state index in [1.807, 2.05) is 6.07 Å². The van der Waals surface area contributed by atoms with Crippen molar-refractivity contribution >= 4 is 35.6 Å². The molecule has 1 saturated heterocycles. The molecular weight excluding hydrogens is 433 g/mol. The molecule has 0 bridgehead atoms. The Morgan fingerprint density at radius 1 is 1.16 bits per heavy atom. The van der Waals surface area contributed by atoms with Crippen molar-refractivity contribution in [3.8, 4) is 0 Å². The summed E-state index contributed by atoms with van der Waals surface area (Å²) < 4.78 is 5.94. The van der Waals surface area contributed by atoms with Crippen LogP contribution >= 0.6 is 24.0 Å². The molecule has 0 amide bonds. The highest BCUT2D eigenvalue weighted by atomic mass is 35.5. The van der Waals surface area contributed by atoms with Crippen LogP contribution in [0.4, 0.5) is 0 Å². The van der Waals surface area contributed by atoms with Gasteiger partial charge in [0.1, 0.15) is 0 Å². The molecule has 0 aromatic heterocycles. The Bertz CT molecular complexity index is 944. The molecule has 0 unspecified atom stereocenters. The molecule has 0 spiro atoms. The number of piperidine rings is 1. The van der Waals surface area contributed by atoms with Crippen LogP contribution in [-0.4, -0.2) is 48.8 Å². The fourth-order valence-corrected chi connectivity index (χ4v) is 4.70. The van der Waals surface area contributed by atoms with E-state index in [0.717, 1.165) is 43.8 Å². The largest absolute Gasteiger partial charge is 0.481 e. The molecular formula is C25H29Cl2NO3. The highest BCUT2D eigenvalue weighted by Gasteiger charge is 2.25. The first-order chi connectivity index (χ1) is 14.6. The van der Waals surface area contributed by atoms with Crippen LogP contribution in [0.25, 0.3) is 5.57 Å². The van der Waals surface area contributed by atoms with E-state index in [1.165, 1.54) is 27.8 Å². The van der Waals surface area contributed by atoms with Crippen LogP contribution in [0.3, 0.4) is 0 Å². The quantitative estimate of drug-likeness (QED) is 0.607. The predicted molar refractivity (Wildman–Crippen MR) is 127 cm³/mol. The first-order valence-corrected chi connectivity index (χ1v) is 11.1. The second-order valence-corrected chi connectivity index (χ2v) is 8.57. The first-order valence-electron chi connectivity index (χ1n) is 10.7. The van der Waals surface area contributed by atoms with Gasteiger partial charge in [-0.15, -0.1) is 12.4 Å². The minimum Gasteiger partial charge on any atom is -0.481 e. The van der Waals surface area contributed by atoms with E-state index in [4.69, 9.17) is 16.3 Å². The van der Waals surface area contributed by atoms with Crippen LogP contribution in [-0.2, 0) is 22.4 Å². The maximum Gasteiger partial charge on any atom is 0.307 e. The van der Waals surface area contributed by atoms with Crippen molar-refractivity contribution in [1.29, 1.82) is 0 Å². The van der Waals surface area contributed by atoms with Crippen molar-refractivity contribution in [1.82, 2.24) is 4.90 Å². The summed E-state index contributed by atoms with van der Waals surface area (Å²) in [5.74, 6) is -0.931. The van der Waals surface area contributed by atoms with E-state index in [2.05, 4.69) is 47.4 Å². The van der Waals surface area contributed by atoms with Gasteiger partial charge in [-0.05, 0) is 72.2 Å². The Labute approximate surface area is 195 Å². The number of benzene rings is 2. The van der Waals surface area contributed by atoms with E-state index in [1.54, 1.807) is 0 Å². The van der Waals surface area contributed by atoms with E-state index in [9.17, 15) is 9.90 Å². The Kier molecular flexibility index (Phi) is 8.56. The van der Waals surface area contributed by atoms with Crippen molar-refractivity contribution in [2.75, 3.05) is 32.8 Å². The first kappa shape index (κ1) is 23.8. The molecule has 1 aliphatic carbocycles. The molecule has 166 valence electrons. The summed E-state index contributed by atoms with van der Waals surface area (Å²) in [6, 6.07) is 14.7. The Morgan fingerprint density at radius 2 is 1.94 bits per heavy atom. The lowest BCUT2D eigenvalue weighted by molar-refractivity contribution is -0.143. The topological polar surface area (TPSA) is 49.8 Å². The standard InChI is InChI=1S/C25H28ClNO3.ClH/c26-21-10-9-19-8-7-18-4-1-2-6-22(18)23(24(19)16-21)11-14-30-15-13-27-12-3-5-20(17-27)25(28)29;/h1-2,4,6,9-11,16,20H,3,5,7-8,12-15,17H2,(H,28,29);1H/b23-11+;/t20-;/m0./s1. The van der Waals surface area contributed by atoms with Crippen molar-refractivity contribution in [2.45, 2.75) is 25.7 Å². The number of aryl methyl sites for hydroxylation is 2. The number of ether oxygens (including phenoxy) is 1. The molecule has 1 heterocycles. The smallest absolute Gasteiger partial charge is 0.307 e. The SMILES string of the molecule is Cl.O=C(O)[C@H]1CCCN(CCOC/C=C2\c3ccccc3CCc3ccc(Cl)cc32)C1. The van der Waals surface area contributed by atoms with Gasteiger partial charge in [0.25, 0.3) is 0 Å². The molecule has 2 aliphatic rings. The van der Waals surface area contributed by atoms with E-state index in [-0.39, 0.29) is 18.3 Å². The Hall–Kier alpha value is -1.85. The molecule has 1 atom stereocenters. The maximum absolute atomic E-state index is 11.2. The Morgan fingerprint density at radius 3 is 2.74 bits per heavy atom. The normalized spacial score (nSPS) is 19.8. The van der Waals surface area contributed by atoms with Gasteiger partial charge in [-0.1, -0.05) is 48.0 Å². The molecule has 0 radical (unpaired) electrons. The average molecular weight is 462 g/mol. The van der Waals surface area contributed by atoms with Gasteiger partial charge in [0.15, 0.2) is 0 Å². The number of rotatable bonds is 6. The molecule has 31 heavy (non-hydrogen) atoms. The van der Waals surface area contributed by atoms with Crippen LogP contribution in [0.2, 0.25) is 5.02 Å².